The summed E-state index contributed by atoms with van der Waals surface area (Å²) >= 11 is 0. The first kappa shape index (κ1) is 6.79. The van der Waals surface area contributed by atoms with E-state index in [2.05, 4.69) is 10.2 Å². The lowest BCUT2D eigenvalue weighted by Crippen LogP contribution is -2.09. The van der Waals surface area contributed by atoms with E-state index >= 15 is 0 Å². The molecule has 0 radical (unpaired) electrons. The first-order chi connectivity index (χ1) is 5.36. The second-order valence-corrected chi connectivity index (χ2v) is 2.97. The predicted molar refractivity (Wildman–Crippen MR) is 38.9 cm³/mol. The maximum Gasteiger partial charge on any atom is 0.0741 e. The van der Waals surface area contributed by atoms with Crippen LogP contribution >= 0.6 is 0 Å². The van der Waals surface area contributed by atoms with Crippen LogP contribution in [-0.4, -0.2) is 26.2 Å². The Morgan fingerprint density at radius 3 is 2.55 bits per heavy atom. The van der Waals surface area contributed by atoms with Crippen LogP contribution in [0, 0.1) is 0 Å². The van der Waals surface area contributed by atoms with Gasteiger partial charge in [0, 0.05) is 0 Å². The van der Waals surface area contributed by atoms with Crippen molar-refractivity contribution in [3.8, 4) is 0 Å². The van der Waals surface area contributed by atoms with Gasteiger partial charge in [-0.3, -0.25) is 0 Å². The lowest BCUT2D eigenvalue weighted by molar-refractivity contribution is 0.175. The zero-order valence-corrected chi connectivity index (χ0v) is 6.22. The molecule has 0 aromatic carbocycles. The van der Waals surface area contributed by atoms with Gasteiger partial charge in [0.2, 0.25) is 0 Å². The number of rotatable bonds is 1. The topological polar surface area (TPSA) is 50.9 Å². The van der Waals surface area contributed by atoms with Gasteiger partial charge in [-0.2, -0.15) is 15.0 Å². The number of aliphatic hydroxyl groups excluding tert-OH is 1. The maximum atomic E-state index is 9.23. The molecule has 0 spiro atoms. The molecule has 2 unspecified atom stereocenters. The summed E-state index contributed by atoms with van der Waals surface area (Å²) in [7, 11) is 0. The highest BCUT2D eigenvalue weighted by molar-refractivity contribution is 4.77. The van der Waals surface area contributed by atoms with Crippen LogP contribution in [0.2, 0.25) is 0 Å². The van der Waals surface area contributed by atoms with E-state index in [4.69, 9.17) is 0 Å². The van der Waals surface area contributed by atoms with Crippen molar-refractivity contribution in [2.45, 2.75) is 31.4 Å². The minimum Gasteiger partial charge on any atom is -0.393 e. The molecule has 2 rings (SSSR count). The molecule has 1 heterocycles. The predicted octanol–water partition coefficient (Wildman–Crippen LogP) is 0.364. The van der Waals surface area contributed by atoms with Crippen molar-refractivity contribution in [2.24, 2.45) is 0 Å². The summed E-state index contributed by atoms with van der Waals surface area (Å²) in [4.78, 5) is 1.69. The van der Waals surface area contributed by atoms with Crippen molar-refractivity contribution >= 4 is 0 Å². The molecule has 1 aromatic rings. The van der Waals surface area contributed by atoms with Gasteiger partial charge in [0.05, 0.1) is 24.5 Å². The van der Waals surface area contributed by atoms with Crippen LogP contribution < -0.4 is 0 Å². The molecule has 0 aliphatic heterocycles. The third-order valence-corrected chi connectivity index (χ3v) is 2.14. The molecular formula is C7H11N3O. The summed E-state index contributed by atoms with van der Waals surface area (Å²) in [5, 5.41) is 17.3. The Bertz CT molecular complexity index is 222. The minimum atomic E-state index is -0.147. The molecular weight excluding hydrogens is 142 g/mol. The molecule has 1 aromatic heterocycles. The largest absolute Gasteiger partial charge is 0.393 e. The van der Waals surface area contributed by atoms with Crippen LogP contribution in [0.15, 0.2) is 12.4 Å². The van der Waals surface area contributed by atoms with Gasteiger partial charge >= 0.3 is 0 Å². The van der Waals surface area contributed by atoms with E-state index in [-0.39, 0.29) is 6.10 Å². The van der Waals surface area contributed by atoms with Crippen molar-refractivity contribution in [3.05, 3.63) is 12.4 Å². The fourth-order valence-electron chi connectivity index (χ4n) is 1.56. The van der Waals surface area contributed by atoms with Gasteiger partial charge in [0.1, 0.15) is 0 Å². The molecule has 1 aliphatic rings. The lowest BCUT2D eigenvalue weighted by atomic mass is 10.3. The summed E-state index contributed by atoms with van der Waals surface area (Å²) in [6.07, 6.45) is 5.87. The summed E-state index contributed by atoms with van der Waals surface area (Å²) in [6, 6.07) is 0.319. The van der Waals surface area contributed by atoms with Crippen molar-refractivity contribution in [1.82, 2.24) is 15.0 Å². The van der Waals surface area contributed by atoms with Crippen LogP contribution in [0.5, 0.6) is 0 Å². The third kappa shape index (κ3) is 1.26. The monoisotopic (exact) mass is 153 g/mol. The molecule has 1 N–H and O–H groups in total. The molecule has 0 amide bonds. The molecule has 0 saturated heterocycles. The molecule has 4 nitrogen and oxygen atoms in total. The van der Waals surface area contributed by atoms with Crippen molar-refractivity contribution in [1.29, 1.82) is 0 Å². The van der Waals surface area contributed by atoms with Gasteiger partial charge < -0.3 is 5.11 Å². The van der Waals surface area contributed by atoms with E-state index in [0.717, 1.165) is 19.3 Å². The van der Waals surface area contributed by atoms with Crippen LogP contribution in [-0.2, 0) is 0 Å². The lowest BCUT2D eigenvalue weighted by Gasteiger charge is -2.06. The second kappa shape index (κ2) is 2.62. The van der Waals surface area contributed by atoms with Crippen molar-refractivity contribution in [2.75, 3.05) is 0 Å². The molecule has 11 heavy (non-hydrogen) atoms. The number of hydrogen-bond acceptors (Lipinski definition) is 3. The average Bonchev–Trinajstić information content (AvgIpc) is 2.55. The van der Waals surface area contributed by atoms with E-state index in [1.165, 1.54) is 0 Å². The molecule has 1 aliphatic carbocycles. The Labute approximate surface area is 64.8 Å². The quantitative estimate of drug-likeness (QED) is 0.634. The third-order valence-electron chi connectivity index (χ3n) is 2.14. The molecule has 2 atom stereocenters. The Kier molecular flexibility index (Phi) is 1.62. The standard InChI is InChI=1S/C7H11N3O/c11-7-2-1-6(5-7)10-8-3-4-9-10/h3-4,6-7,11H,1-2,5H2. The zero-order chi connectivity index (χ0) is 7.68. The fourth-order valence-corrected chi connectivity index (χ4v) is 1.56. The normalized spacial score (nSPS) is 31.0. The van der Waals surface area contributed by atoms with E-state index in [9.17, 15) is 5.11 Å². The first-order valence-corrected chi connectivity index (χ1v) is 3.90. The van der Waals surface area contributed by atoms with E-state index in [1.807, 2.05) is 0 Å². The summed E-state index contributed by atoms with van der Waals surface area (Å²) in [5.74, 6) is 0. The number of aromatic nitrogens is 3. The summed E-state index contributed by atoms with van der Waals surface area (Å²) < 4.78 is 0. The van der Waals surface area contributed by atoms with Crippen LogP contribution in [0.3, 0.4) is 0 Å². The number of nitrogens with zero attached hydrogens (tertiary/aromatic N) is 3. The molecule has 60 valence electrons. The minimum absolute atomic E-state index is 0.147. The van der Waals surface area contributed by atoms with Gasteiger partial charge in [-0.15, -0.1) is 0 Å². The highest BCUT2D eigenvalue weighted by Gasteiger charge is 2.24. The van der Waals surface area contributed by atoms with Gasteiger partial charge in [-0.1, -0.05) is 0 Å². The molecule has 1 saturated carbocycles. The smallest absolute Gasteiger partial charge is 0.0741 e. The first-order valence-electron chi connectivity index (χ1n) is 3.90. The van der Waals surface area contributed by atoms with Crippen LogP contribution in [0.25, 0.3) is 0 Å². The summed E-state index contributed by atoms with van der Waals surface area (Å²) in [6.45, 7) is 0. The SMILES string of the molecule is OC1CCC(n2nccn2)C1. The Morgan fingerprint density at radius 1 is 1.27 bits per heavy atom. The number of hydrogen-bond donors (Lipinski definition) is 1. The zero-order valence-electron chi connectivity index (χ0n) is 6.22. The highest BCUT2D eigenvalue weighted by Crippen LogP contribution is 2.27. The second-order valence-electron chi connectivity index (χ2n) is 2.97. The molecule has 4 heteroatoms. The number of aliphatic hydroxyl groups is 1. The van der Waals surface area contributed by atoms with Crippen molar-refractivity contribution in [3.63, 3.8) is 0 Å². The van der Waals surface area contributed by atoms with Crippen LogP contribution in [0.1, 0.15) is 25.3 Å². The summed E-state index contributed by atoms with van der Waals surface area (Å²) in [5.41, 5.74) is 0. The average molecular weight is 153 g/mol. The van der Waals surface area contributed by atoms with Gasteiger partial charge in [0.15, 0.2) is 0 Å². The van der Waals surface area contributed by atoms with Gasteiger partial charge in [-0.05, 0) is 19.3 Å². The van der Waals surface area contributed by atoms with Gasteiger partial charge in [0.25, 0.3) is 0 Å². The van der Waals surface area contributed by atoms with E-state index in [1.54, 1.807) is 17.2 Å². The maximum absolute atomic E-state index is 9.23. The molecule has 1 fully saturated rings. The Balaban J connectivity index is 2.08. The Hall–Kier alpha value is -0.900. The Morgan fingerprint density at radius 2 is 2.00 bits per heavy atom. The highest BCUT2D eigenvalue weighted by atomic mass is 16.3. The van der Waals surface area contributed by atoms with Gasteiger partial charge in [-0.25, -0.2) is 0 Å². The van der Waals surface area contributed by atoms with Crippen LogP contribution in [0.4, 0.5) is 0 Å². The van der Waals surface area contributed by atoms with E-state index in [0.29, 0.717) is 6.04 Å². The van der Waals surface area contributed by atoms with E-state index < -0.39 is 0 Å². The molecule has 0 bridgehead atoms. The van der Waals surface area contributed by atoms with Crippen molar-refractivity contribution < 1.29 is 5.11 Å². The fraction of sp³-hybridized carbons (Fsp3) is 0.714.